The first-order valence-corrected chi connectivity index (χ1v) is 6.21. The topological polar surface area (TPSA) is 62.6 Å². The molecule has 0 spiro atoms. The van der Waals surface area contributed by atoms with E-state index in [1.807, 2.05) is 0 Å². The molecule has 1 aliphatic heterocycles. The van der Waals surface area contributed by atoms with Gasteiger partial charge in [0.25, 0.3) is 11.8 Å². The van der Waals surface area contributed by atoms with Crippen LogP contribution >= 0.6 is 0 Å². The molecule has 102 valence electrons. The van der Waals surface area contributed by atoms with Crippen LogP contribution in [0.25, 0.3) is 0 Å². The lowest BCUT2D eigenvalue weighted by Gasteiger charge is -2.22. The minimum Gasteiger partial charge on any atom is -0.346 e. The molecule has 3 N–H and O–H groups in total. The molecule has 6 heteroatoms. The fourth-order valence-corrected chi connectivity index (χ4v) is 2.01. The SMILES string of the molecule is Cc1ccc(NC(=O)C[NH+]2CCNC(=O)C2)cc1F. The van der Waals surface area contributed by atoms with E-state index in [0.29, 0.717) is 24.3 Å². The Kier molecular flexibility index (Phi) is 4.11. The predicted octanol–water partition coefficient (Wildman–Crippen LogP) is -0.913. The van der Waals surface area contributed by atoms with Gasteiger partial charge in [-0.15, -0.1) is 0 Å². The molecule has 1 atom stereocenters. The van der Waals surface area contributed by atoms with Crippen molar-refractivity contribution in [2.24, 2.45) is 0 Å². The average Bonchev–Trinajstić information content (AvgIpc) is 2.34. The number of anilines is 1. The molecule has 0 bridgehead atoms. The van der Waals surface area contributed by atoms with Crippen molar-refractivity contribution in [3.8, 4) is 0 Å². The molecule has 1 aromatic rings. The number of amides is 2. The number of piperazine rings is 1. The lowest BCUT2D eigenvalue weighted by molar-refractivity contribution is -0.885. The summed E-state index contributed by atoms with van der Waals surface area (Å²) in [6, 6.07) is 4.58. The number of nitrogens with one attached hydrogen (secondary N) is 3. The van der Waals surface area contributed by atoms with Crippen molar-refractivity contribution in [3.05, 3.63) is 29.6 Å². The van der Waals surface area contributed by atoms with Gasteiger partial charge < -0.3 is 15.5 Å². The van der Waals surface area contributed by atoms with Crippen molar-refractivity contribution >= 4 is 17.5 Å². The summed E-state index contributed by atoms with van der Waals surface area (Å²) >= 11 is 0. The smallest absolute Gasteiger partial charge is 0.279 e. The molecule has 1 fully saturated rings. The number of halogens is 1. The van der Waals surface area contributed by atoms with Gasteiger partial charge in [-0.3, -0.25) is 9.59 Å². The Morgan fingerprint density at radius 3 is 3.00 bits per heavy atom. The summed E-state index contributed by atoms with van der Waals surface area (Å²) < 4.78 is 13.3. The molecule has 19 heavy (non-hydrogen) atoms. The van der Waals surface area contributed by atoms with Crippen LogP contribution in [-0.2, 0) is 9.59 Å². The molecule has 2 rings (SSSR count). The van der Waals surface area contributed by atoms with E-state index in [1.165, 1.54) is 6.07 Å². The van der Waals surface area contributed by atoms with Gasteiger partial charge >= 0.3 is 0 Å². The van der Waals surface area contributed by atoms with Crippen molar-refractivity contribution in [1.82, 2.24) is 5.32 Å². The van der Waals surface area contributed by atoms with Crippen LogP contribution in [0.3, 0.4) is 0 Å². The Hall–Kier alpha value is -1.95. The predicted molar refractivity (Wildman–Crippen MR) is 68.3 cm³/mol. The first-order chi connectivity index (χ1) is 9.04. The number of carbonyl (C=O) groups excluding carboxylic acids is 2. The monoisotopic (exact) mass is 266 g/mol. The molecule has 1 aromatic carbocycles. The van der Waals surface area contributed by atoms with E-state index in [0.717, 1.165) is 11.4 Å². The molecule has 0 radical (unpaired) electrons. The highest BCUT2D eigenvalue weighted by Gasteiger charge is 2.22. The highest BCUT2D eigenvalue weighted by Crippen LogP contribution is 2.13. The standard InChI is InChI=1S/C13H16FN3O2/c1-9-2-3-10(6-11(9)14)16-13(19)8-17-5-4-15-12(18)7-17/h2-3,6H,4-5,7-8H2,1H3,(H,15,18)(H,16,19)/p+1. The molecule has 1 aliphatic rings. The number of carbonyl (C=O) groups is 2. The van der Waals surface area contributed by atoms with Gasteiger partial charge in [0.05, 0.1) is 13.1 Å². The van der Waals surface area contributed by atoms with Gasteiger partial charge in [-0.25, -0.2) is 4.39 Å². The van der Waals surface area contributed by atoms with Crippen LogP contribution in [0.2, 0.25) is 0 Å². The van der Waals surface area contributed by atoms with Crippen LogP contribution < -0.4 is 15.5 Å². The minimum absolute atomic E-state index is 0.0459. The quantitative estimate of drug-likeness (QED) is 0.663. The van der Waals surface area contributed by atoms with Gasteiger partial charge in [0.2, 0.25) is 0 Å². The van der Waals surface area contributed by atoms with Crippen molar-refractivity contribution in [2.45, 2.75) is 6.92 Å². The van der Waals surface area contributed by atoms with E-state index in [1.54, 1.807) is 19.1 Å². The summed E-state index contributed by atoms with van der Waals surface area (Å²) in [6.07, 6.45) is 0. The summed E-state index contributed by atoms with van der Waals surface area (Å²) in [5.41, 5.74) is 0.977. The van der Waals surface area contributed by atoms with E-state index >= 15 is 0 Å². The first-order valence-electron chi connectivity index (χ1n) is 6.21. The van der Waals surface area contributed by atoms with E-state index in [-0.39, 0.29) is 24.2 Å². The third-order valence-corrected chi connectivity index (χ3v) is 3.08. The molecule has 2 amide bonds. The Balaban J connectivity index is 1.90. The lowest BCUT2D eigenvalue weighted by atomic mass is 10.2. The third kappa shape index (κ3) is 3.75. The van der Waals surface area contributed by atoms with Gasteiger partial charge in [0.15, 0.2) is 13.1 Å². The third-order valence-electron chi connectivity index (χ3n) is 3.08. The molecule has 1 saturated heterocycles. The number of benzene rings is 1. The van der Waals surface area contributed by atoms with Crippen LogP contribution in [0.15, 0.2) is 18.2 Å². The zero-order valence-corrected chi connectivity index (χ0v) is 10.8. The minimum atomic E-state index is -0.345. The van der Waals surface area contributed by atoms with Crippen LogP contribution in [0.4, 0.5) is 10.1 Å². The van der Waals surface area contributed by atoms with Gasteiger partial charge in [-0.1, -0.05) is 6.07 Å². The maximum atomic E-state index is 13.3. The zero-order chi connectivity index (χ0) is 13.8. The van der Waals surface area contributed by atoms with Gasteiger partial charge in [-0.05, 0) is 24.6 Å². The molecule has 0 saturated carbocycles. The van der Waals surface area contributed by atoms with Crippen molar-refractivity contribution in [1.29, 1.82) is 0 Å². The Morgan fingerprint density at radius 2 is 2.32 bits per heavy atom. The van der Waals surface area contributed by atoms with Gasteiger partial charge in [0, 0.05) is 5.69 Å². The second-order valence-electron chi connectivity index (χ2n) is 4.72. The van der Waals surface area contributed by atoms with E-state index in [4.69, 9.17) is 0 Å². The normalized spacial score (nSPS) is 18.8. The van der Waals surface area contributed by atoms with Crippen molar-refractivity contribution < 1.29 is 18.9 Å². The van der Waals surface area contributed by atoms with Crippen molar-refractivity contribution in [3.63, 3.8) is 0 Å². The highest BCUT2D eigenvalue weighted by atomic mass is 19.1. The second-order valence-corrected chi connectivity index (χ2v) is 4.72. The second kappa shape index (κ2) is 5.79. The molecule has 1 unspecified atom stereocenters. The van der Waals surface area contributed by atoms with Crippen LogP contribution in [0.1, 0.15) is 5.56 Å². The highest BCUT2D eigenvalue weighted by molar-refractivity contribution is 5.91. The summed E-state index contributed by atoms with van der Waals surface area (Å²) in [6.45, 7) is 3.48. The lowest BCUT2D eigenvalue weighted by Crippen LogP contribution is -3.16. The van der Waals surface area contributed by atoms with Gasteiger partial charge in [-0.2, -0.15) is 0 Å². The molecule has 0 aliphatic carbocycles. The van der Waals surface area contributed by atoms with Crippen molar-refractivity contribution in [2.75, 3.05) is 31.5 Å². The number of quaternary nitrogens is 1. The fraction of sp³-hybridized carbons (Fsp3) is 0.385. The Bertz CT molecular complexity index is 505. The number of rotatable bonds is 3. The average molecular weight is 266 g/mol. The summed E-state index contributed by atoms with van der Waals surface area (Å²) in [4.78, 5) is 23.9. The fourth-order valence-electron chi connectivity index (χ4n) is 2.01. The van der Waals surface area contributed by atoms with Crippen LogP contribution in [0.5, 0.6) is 0 Å². The maximum absolute atomic E-state index is 13.3. The van der Waals surface area contributed by atoms with E-state index < -0.39 is 0 Å². The molecular formula is C13H17FN3O2+. The Morgan fingerprint density at radius 1 is 1.53 bits per heavy atom. The summed E-state index contributed by atoms with van der Waals surface area (Å²) in [7, 11) is 0. The molecule has 1 heterocycles. The molecule has 0 aromatic heterocycles. The summed E-state index contributed by atoms with van der Waals surface area (Å²) in [5, 5.41) is 5.35. The zero-order valence-electron chi connectivity index (χ0n) is 10.8. The van der Waals surface area contributed by atoms with Crippen LogP contribution in [0, 0.1) is 12.7 Å². The maximum Gasteiger partial charge on any atom is 0.279 e. The Labute approximate surface area is 110 Å². The number of aryl methyl sites for hydroxylation is 1. The molecular weight excluding hydrogens is 249 g/mol. The van der Waals surface area contributed by atoms with E-state index in [9.17, 15) is 14.0 Å². The largest absolute Gasteiger partial charge is 0.346 e. The molecule has 5 nitrogen and oxygen atoms in total. The van der Waals surface area contributed by atoms with Crippen LogP contribution in [-0.4, -0.2) is 38.0 Å². The number of hydrogen-bond acceptors (Lipinski definition) is 2. The summed E-state index contributed by atoms with van der Waals surface area (Å²) in [5.74, 6) is -0.606. The first kappa shape index (κ1) is 13.5. The van der Waals surface area contributed by atoms with Gasteiger partial charge in [0.1, 0.15) is 5.82 Å². The van der Waals surface area contributed by atoms with E-state index in [2.05, 4.69) is 10.6 Å². The number of hydrogen-bond donors (Lipinski definition) is 3.